The summed E-state index contributed by atoms with van der Waals surface area (Å²) in [7, 11) is 1.90. The quantitative estimate of drug-likeness (QED) is 0.841. The van der Waals surface area contributed by atoms with E-state index < -0.39 is 12.0 Å². The van der Waals surface area contributed by atoms with E-state index >= 15 is 0 Å². The van der Waals surface area contributed by atoms with Gasteiger partial charge >= 0.3 is 5.97 Å². The van der Waals surface area contributed by atoms with Crippen LogP contribution in [0, 0.1) is 12.3 Å². The fourth-order valence-electron chi connectivity index (χ4n) is 2.14. The molecule has 106 valence electrons. The fourth-order valence-corrected chi connectivity index (χ4v) is 2.14. The van der Waals surface area contributed by atoms with Gasteiger partial charge in [-0.1, -0.05) is 25.8 Å². The molecule has 4 nitrogen and oxygen atoms in total. The number of hydrogen-bond donors (Lipinski definition) is 2. The maximum atomic E-state index is 10.8. The second kappa shape index (κ2) is 6.78. The van der Waals surface area contributed by atoms with E-state index in [-0.39, 0.29) is 6.42 Å². The lowest BCUT2D eigenvalue weighted by atomic mass is 10.0. The van der Waals surface area contributed by atoms with Gasteiger partial charge in [-0.2, -0.15) is 0 Å². The first kappa shape index (κ1) is 15.8. The highest BCUT2D eigenvalue weighted by molar-refractivity contribution is 5.90. The molecule has 0 fully saturated rings. The van der Waals surface area contributed by atoms with Crippen LogP contribution in [0.25, 0.3) is 10.9 Å². The number of carboxylic acid groups (broad SMARTS) is 1. The Bertz CT molecular complexity index is 650. The molecule has 0 spiro atoms. The number of hydrogen-bond acceptors (Lipinski definition) is 2. The molecule has 4 heteroatoms. The predicted octanol–water partition coefficient (Wildman–Crippen LogP) is 2.14. The zero-order chi connectivity index (χ0) is 15.3. The average Bonchev–Trinajstić information content (AvgIpc) is 2.77. The summed E-state index contributed by atoms with van der Waals surface area (Å²) >= 11 is 0. The van der Waals surface area contributed by atoms with E-state index in [1.54, 1.807) is 0 Å². The fraction of sp³-hybridized carbons (Fsp3) is 0.312. The molecule has 0 aliphatic rings. The van der Waals surface area contributed by atoms with Crippen LogP contribution in [0.5, 0.6) is 0 Å². The van der Waals surface area contributed by atoms with Gasteiger partial charge in [-0.15, -0.1) is 6.42 Å². The van der Waals surface area contributed by atoms with Gasteiger partial charge in [0.1, 0.15) is 6.04 Å². The third kappa shape index (κ3) is 3.01. The van der Waals surface area contributed by atoms with Gasteiger partial charge in [0.2, 0.25) is 0 Å². The van der Waals surface area contributed by atoms with Crippen molar-refractivity contribution in [2.45, 2.75) is 26.3 Å². The molecule has 0 aliphatic heterocycles. The molecule has 2 rings (SSSR count). The summed E-state index contributed by atoms with van der Waals surface area (Å²) in [5.41, 5.74) is 8.20. The second-order valence-electron chi connectivity index (χ2n) is 4.26. The molecule has 1 heterocycles. The average molecular weight is 272 g/mol. The summed E-state index contributed by atoms with van der Waals surface area (Å²) in [6.45, 7) is 4.00. The molecule has 2 aromatic rings. The zero-order valence-corrected chi connectivity index (χ0v) is 12.1. The number of terminal acetylenes is 1. The van der Waals surface area contributed by atoms with Gasteiger partial charge < -0.3 is 15.4 Å². The topological polar surface area (TPSA) is 68.2 Å². The van der Waals surface area contributed by atoms with E-state index in [0.29, 0.717) is 0 Å². The number of carboxylic acids is 1. The van der Waals surface area contributed by atoms with Crippen LogP contribution in [0.2, 0.25) is 0 Å². The molecular weight excluding hydrogens is 252 g/mol. The maximum Gasteiger partial charge on any atom is 0.320 e. The standard InChI is InChI=1S/C14H14N2O2.C2H6/c1-3-9-5-4-6-12-13(9)10(8-16(12)2)7-11(15)14(17)18;1-2/h1,4-6,8,11H,7,15H2,2H3,(H,17,18);1-2H3. The number of benzene rings is 1. The van der Waals surface area contributed by atoms with Crippen molar-refractivity contribution in [3.05, 3.63) is 35.5 Å². The van der Waals surface area contributed by atoms with Gasteiger partial charge in [0.15, 0.2) is 0 Å². The highest BCUT2D eigenvalue weighted by Crippen LogP contribution is 2.25. The number of aliphatic carboxylic acids is 1. The Hall–Kier alpha value is -2.25. The molecule has 1 aromatic carbocycles. The molecule has 1 aromatic heterocycles. The van der Waals surface area contributed by atoms with Crippen LogP contribution in [0.3, 0.4) is 0 Å². The Balaban J connectivity index is 0.000000956. The smallest absolute Gasteiger partial charge is 0.320 e. The summed E-state index contributed by atoms with van der Waals surface area (Å²) < 4.78 is 1.93. The summed E-state index contributed by atoms with van der Waals surface area (Å²) in [5, 5.41) is 9.79. The maximum absolute atomic E-state index is 10.8. The summed E-state index contributed by atoms with van der Waals surface area (Å²) in [4.78, 5) is 10.8. The molecule has 0 saturated heterocycles. The summed E-state index contributed by atoms with van der Waals surface area (Å²) in [5.74, 6) is 1.62. The van der Waals surface area contributed by atoms with Crippen molar-refractivity contribution in [1.29, 1.82) is 0 Å². The lowest BCUT2D eigenvalue weighted by molar-refractivity contribution is -0.138. The van der Waals surface area contributed by atoms with Gasteiger partial charge in [-0.3, -0.25) is 4.79 Å². The first-order valence-electron chi connectivity index (χ1n) is 6.56. The number of aromatic nitrogens is 1. The van der Waals surface area contributed by atoms with E-state index in [9.17, 15) is 4.79 Å². The number of nitrogens with two attached hydrogens (primary N) is 1. The van der Waals surface area contributed by atoms with Crippen LogP contribution >= 0.6 is 0 Å². The Morgan fingerprint density at radius 1 is 1.50 bits per heavy atom. The SMILES string of the molecule is C#Cc1cccc2c1c(CC(N)C(=O)O)cn2C.CC. The van der Waals surface area contributed by atoms with Crippen LogP contribution in [0.1, 0.15) is 25.0 Å². The molecule has 0 amide bonds. The van der Waals surface area contributed by atoms with Crippen LogP contribution < -0.4 is 5.73 Å². The Kier molecular flexibility index (Phi) is 5.36. The highest BCUT2D eigenvalue weighted by atomic mass is 16.4. The third-order valence-electron chi connectivity index (χ3n) is 3.01. The van der Waals surface area contributed by atoms with Crippen LogP contribution in [0.4, 0.5) is 0 Å². The van der Waals surface area contributed by atoms with Gasteiger partial charge in [0.25, 0.3) is 0 Å². The van der Waals surface area contributed by atoms with Crippen molar-refractivity contribution < 1.29 is 9.90 Å². The van der Waals surface area contributed by atoms with Crippen LogP contribution in [0.15, 0.2) is 24.4 Å². The van der Waals surface area contributed by atoms with Gasteiger partial charge in [-0.05, 0) is 17.7 Å². The number of carbonyl (C=O) groups is 1. The lowest BCUT2D eigenvalue weighted by Crippen LogP contribution is -2.32. The molecule has 1 unspecified atom stereocenters. The van der Waals surface area contributed by atoms with Crippen molar-refractivity contribution >= 4 is 16.9 Å². The van der Waals surface area contributed by atoms with Crippen LogP contribution in [-0.2, 0) is 18.3 Å². The Labute approximate surface area is 119 Å². The third-order valence-corrected chi connectivity index (χ3v) is 3.01. The molecule has 0 saturated carbocycles. The van der Waals surface area contributed by atoms with E-state index in [4.69, 9.17) is 17.3 Å². The van der Waals surface area contributed by atoms with Crippen molar-refractivity contribution in [3.8, 4) is 12.3 Å². The van der Waals surface area contributed by atoms with E-state index in [2.05, 4.69) is 5.92 Å². The number of aryl methyl sites for hydroxylation is 1. The minimum atomic E-state index is -1.01. The van der Waals surface area contributed by atoms with Crippen molar-refractivity contribution in [3.63, 3.8) is 0 Å². The molecule has 0 radical (unpaired) electrons. The largest absolute Gasteiger partial charge is 0.480 e. The van der Waals surface area contributed by atoms with Crippen molar-refractivity contribution in [2.24, 2.45) is 12.8 Å². The molecule has 1 atom stereocenters. The van der Waals surface area contributed by atoms with Crippen molar-refractivity contribution in [1.82, 2.24) is 4.57 Å². The highest BCUT2D eigenvalue weighted by Gasteiger charge is 2.17. The van der Waals surface area contributed by atoms with Gasteiger partial charge in [-0.25, -0.2) is 0 Å². The minimum Gasteiger partial charge on any atom is -0.480 e. The minimum absolute atomic E-state index is 0.269. The first-order valence-corrected chi connectivity index (χ1v) is 6.56. The van der Waals surface area contributed by atoms with E-state index in [1.807, 2.05) is 49.9 Å². The van der Waals surface area contributed by atoms with Gasteiger partial charge in [0, 0.05) is 36.1 Å². The van der Waals surface area contributed by atoms with Crippen LogP contribution in [-0.4, -0.2) is 21.7 Å². The lowest BCUT2D eigenvalue weighted by Gasteiger charge is -2.05. The molecule has 20 heavy (non-hydrogen) atoms. The number of nitrogens with zero attached hydrogens (tertiary/aromatic N) is 1. The molecule has 0 aliphatic carbocycles. The number of fused-ring (bicyclic) bond motifs is 1. The van der Waals surface area contributed by atoms with E-state index in [1.165, 1.54) is 0 Å². The summed E-state index contributed by atoms with van der Waals surface area (Å²) in [6.07, 6.45) is 7.63. The zero-order valence-electron chi connectivity index (χ0n) is 12.1. The molecule has 0 bridgehead atoms. The normalized spacial score (nSPS) is 11.3. The Morgan fingerprint density at radius 2 is 2.15 bits per heavy atom. The monoisotopic (exact) mass is 272 g/mol. The summed E-state index contributed by atoms with van der Waals surface area (Å²) in [6, 6.07) is 4.77. The number of rotatable bonds is 3. The van der Waals surface area contributed by atoms with Gasteiger partial charge in [0.05, 0.1) is 0 Å². The molecule has 3 N–H and O–H groups in total. The molecular formula is C16H20N2O2. The second-order valence-corrected chi connectivity index (χ2v) is 4.26. The van der Waals surface area contributed by atoms with Crippen molar-refractivity contribution in [2.75, 3.05) is 0 Å². The predicted molar refractivity (Wildman–Crippen MR) is 81.5 cm³/mol. The Morgan fingerprint density at radius 3 is 2.70 bits per heavy atom. The first-order chi connectivity index (χ1) is 9.54. The van der Waals surface area contributed by atoms with E-state index in [0.717, 1.165) is 22.0 Å².